The first-order valence-electron chi connectivity index (χ1n) is 9.89. The molecule has 1 atom stereocenters. The van der Waals surface area contributed by atoms with Crippen LogP contribution in [0.15, 0.2) is 81.6 Å². The number of fused-ring (bicyclic) bond motifs is 1. The van der Waals surface area contributed by atoms with E-state index in [1.54, 1.807) is 23.5 Å². The summed E-state index contributed by atoms with van der Waals surface area (Å²) in [5.41, 5.74) is 3.51. The fraction of sp³-hybridized carbons (Fsp3) is 0.250. The summed E-state index contributed by atoms with van der Waals surface area (Å²) in [5.74, 6) is 0.786. The zero-order chi connectivity index (χ0) is 20.1. The average molecular weight is 421 g/mol. The second kappa shape index (κ2) is 9.51. The molecule has 2 aromatic carbocycles. The van der Waals surface area contributed by atoms with Gasteiger partial charge in [-0.1, -0.05) is 91.5 Å². The molecule has 5 heteroatoms. The van der Waals surface area contributed by atoms with Gasteiger partial charge in [-0.25, -0.2) is 4.98 Å². The van der Waals surface area contributed by atoms with E-state index in [-0.39, 0.29) is 5.56 Å². The van der Waals surface area contributed by atoms with Gasteiger partial charge in [-0.05, 0) is 17.5 Å². The van der Waals surface area contributed by atoms with Crippen LogP contribution in [-0.4, -0.2) is 20.6 Å². The Bertz CT molecular complexity index is 1050. The van der Waals surface area contributed by atoms with Crippen LogP contribution in [0.1, 0.15) is 23.7 Å². The summed E-state index contributed by atoms with van der Waals surface area (Å²) in [5, 5.41) is 1.25. The summed E-state index contributed by atoms with van der Waals surface area (Å²) in [7, 11) is 0. The number of rotatable bonds is 7. The molecule has 1 aliphatic rings. The van der Waals surface area contributed by atoms with Crippen LogP contribution in [0, 0.1) is 0 Å². The fourth-order valence-corrected chi connectivity index (χ4v) is 5.36. The van der Waals surface area contributed by atoms with Gasteiger partial charge in [0.05, 0.1) is 10.6 Å². The zero-order valence-electron chi connectivity index (χ0n) is 16.5. The molecule has 3 aromatic rings. The van der Waals surface area contributed by atoms with Crippen molar-refractivity contribution in [2.45, 2.75) is 41.6 Å². The van der Waals surface area contributed by atoms with Crippen molar-refractivity contribution in [3.63, 3.8) is 0 Å². The summed E-state index contributed by atoms with van der Waals surface area (Å²) in [6, 6.07) is 20.6. The minimum absolute atomic E-state index is 0.120. The number of benzene rings is 2. The zero-order valence-corrected chi connectivity index (χ0v) is 18.1. The maximum atomic E-state index is 13.2. The van der Waals surface area contributed by atoms with E-state index in [2.05, 4.69) is 43.3 Å². The van der Waals surface area contributed by atoms with E-state index in [1.165, 1.54) is 11.1 Å². The highest BCUT2D eigenvalue weighted by atomic mass is 32.2. The molecule has 0 saturated heterocycles. The van der Waals surface area contributed by atoms with Crippen LogP contribution in [0.2, 0.25) is 0 Å². The van der Waals surface area contributed by atoms with Gasteiger partial charge in [-0.3, -0.25) is 9.36 Å². The fourth-order valence-electron chi connectivity index (χ4n) is 3.40. The molecule has 0 N–H and O–H groups in total. The monoisotopic (exact) mass is 420 g/mol. The second-order valence-corrected chi connectivity index (χ2v) is 9.56. The van der Waals surface area contributed by atoms with Crippen LogP contribution >= 0.6 is 23.5 Å². The molecule has 4 rings (SSSR count). The van der Waals surface area contributed by atoms with E-state index in [4.69, 9.17) is 4.98 Å². The first kappa shape index (κ1) is 20.0. The highest BCUT2D eigenvalue weighted by molar-refractivity contribution is 8.00. The van der Waals surface area contributed by atoms with E-state index >= 15 is 0 Å². The van der Waals surface area contributed by atoms with Gasteiger partial charge in [-0.15, -0.1) is 11.8 Å². The van der Waals surface area contributed by atoms with Gasteiger partial charge in [0.15, 0.2) is 5.16 Å². The van der Waals surface area contributed by atoms with Crippen molar-refractivity contribution in [1.29, 1.82) is 0 Å². The smallest absolute Gasteiger partial charge is 0.268 e. The Morgan fingerprint density at radius 1 is 1.14 bits per heavy atom. The van der Waals surface area contributed by atoms with Gasteiger partial charge in [0.1, 0.15) is 0 Å². The number of aromatic nitrogens is 2. The third kappa shape index (κ3) is 5.03. The second-order valence-electron chi connectivity index (χ2n) is 7.12. The van der Waals surface area contributed by atoms with Crippen molar-refractivity contribution >= 4 is 29.6 Å². The van der Waals surface area contributed by atoms with Crippen LogP contribution in [0.3, 0.4) is 0 Å². The van der Waals surface area contributed by atoms with E-state index in [1.807, 2.05) is 41.0 Å². The minimum atomic E-state index is 0.120. The topological polar surface area (TPSA) is 34.9 Å². The van der Waals surface area contributed by atoms with Crippen LogP contribution in [0.25, 0.3) is 6.08 Å². The van der Waals surface area contributed by atoms with E-state index < -0.39 is 0 Å². The lowest BCUT2D eigenvalue weighted by molar-refractivity contribution is 0.565. The third-order valence-corrected chi connectivity index (χ3v) is 6.99. The Hall–Kier alpha value is -2.24. The first-order valence-corrected chi connectivity index (χ1v) is 11.8. The Balaban J connectivity index is 1.54. The molecule has 0 fully saturated rings. The van der Waals surface area contributed by atoms with Crippen molar-refractivity contribution in [1.82, 2.24) is 9.55 Å². The molecular weight excluding hydrogens is 396 g/mol. The number of hydrogen-bond acceptors (Lipinski definition) is 4. The average Bonchev–Trinajstić information content (AvgIpc) is 3.13. The van der Waals surface area contributed by atoms with E-state index in [0.29, 0.717) is 11.8 Å². The van der Waals surface area contributed by atoms with Crippen molar-refractivity contribution in [3.05, 3.63) is 93.9 Å². The lowest BCUT2D eigenvalue weighted by Crippen LogP contribution is -2.26. The predicted octanol–water partition coefficient (Wildman–Crippen LogP) is 5.33. The number of hydrogen-bond donors (Lipinski definition) is 0. The molecule has 3 nitrogen and oxygen atoms in total. The summed E-state index contributed by atoms with van der Waals surface area (Å²) >= 11 is 3.31. The first-order chi connectivity index (χ1) is 14.2. The number of nitrogens with zero attached hydrogens (tertiary/aromatic N) is 2. The van der Waals surface area contributed by atoms with Gasteiger partial charge in [0.2, 0.25) is 0 Å². The lowest BCUT2D eigenvalue weighted by Gasteiger charge is -2.13. The predicted molar refractivity (Wildman–Crippen MR) is 124 cm³/mol. The van der Waals surface area contributed by atoms with Crippen molar-refractivity contribution in [2.75, 3.05) is 5.75 Å². The van der Waals surface area contributed by atoms with Gasteiger partial charge >= 0.3 is 0 Å². The molecular formula is C24H24N2OS2. The Kier molecular flexibility index (Phi) is 6.57. The molecule has 0 amide bonds. The summed E-state index contributed by atoms with van der Waals surface area (Å²) in [6.45, 7) is 2.82. The molecule has 148 valence electrons. The molecule has 0 saturated carbocycles. The molecule has 0 spiro atoms. The lowest BCUT2D eigenvalue weighted by atomic mass is 10.1. The molecule has 29 heavy (non-hydrogen) atoms. The normalized spacial score (nSPS) is 15.7. The maximum Gasteiger partial charge on any atom is 0.268 e. The Labute approximate surface area is 180 Å². The van der Waals surface area contributed by atoms with Crippen molar-refractivity contribution in [2.24, 2.45) is 0 Å². The molecule has 1 unspecified atom stereocenters. The van der Waals surface area contributed by atoms with E-state index in [9.17, 15) is 4.79 Å². The van der Waals surface area contributed by atoms with Gasteiger partial charge in [-0.2, -0.15) is 0 Å². The number of aryl methyl sites for hydroxylation is 1. The quantitative estimate of drug-likeness (QED) is 0.382. The molecule has 2 heterocycles. The van der Waals surface area contributed by atoms with Crippen LogP contribution in [0.4, 0.5) is 0 Å². The molecule has 1 aromatic heterocycles. The van der Waals surface area contributed by atoms with Gasteiger partial charge in [0, 0.05) is 24.0 Å². The van der Waals surface area contributed by atoms with Crippen LogP contribution in [-0.2, 0) is 19.4 Å². The van der Waals surface area contributed by atoms with Crippen LogP contribution < -0.4 is 5.56 Å². The minimum Gasteiger partial charge on any atom is -0.286 e. The highest BCUT2D eigenvalue weighted by Crippen LogP contribution is 2.34. The Morgan fingerprint density at radius 3 is 2.62 bits per heavy atom. The Morgan fingerprint density at radius 2 is 1.86 bits per heavy atom. The molecule has 0 radical (unpaired) electrons. The summed E-state index contributed by atoms with van der Waals surface area (Å²) in [4.78, 5) is 18.9. The molecule has 0 aliphatic carbocycles. The number of thioether (sulfide) groups is 2. The molecule has 0 bridgehead atoms. The SMILES string of the molecule is CC1Cc2nc(SC/C=C/c3ccccc3)n(CCc3ccccc3)c(=O)c2S1. The van der Waals surface area contributed by atoms with Crippen LogP contribution in [0.5, 0.6) is 0 Å². The third-order valence-electron chi connectivity index (χ3n) is 4.85. The summed E-state index contributed by atoms with van der Waals surface area (Å²) in [6.07, 6.45) is 5.96. The van der Waals surface area contributed by atoms with E-state index in [0.717, 1.165) is 34.3 Å². The molecule has 1 aliphatic heterocycles. The standard InChI is InChI=1S/C24H24N2OS2/c1-18-17-21-22(29-18)23(27)26(15-14-20-11-6-3-7-12-20)24(25-21)28-16-8-13-19-9-4-2-5-10-19/h2-13,18H,14-17H2,1H3/b13-8+. The van der Waals surface area contributed by atoms with Gasteiger partial charge < -0.3 is 0 Å². The maximum absolute atomic E-state index is 13.2. The summed E-state index contributed by atoms with van der Waals surface area (Å²) < 4.78 is 1.87. The van der Waals surface area contributed by atoms with Crippen molar-refractivity contribution in [3.8, 4) is 0 Å². The largest absolute Gasteiger partial charge is 0.286 e. The van der Waals surface area contributed by atoms with Gasteiger partial charge in [0.25, 0.3) is 5.56 Å². The highest BCUT2D eigenvalue weighted by Gasteiger charge is 2.26. The van der Waals surface area contributed by atoms with Crippen molar-refractivity contribution < 1.29 is 0 Å².